The highest BCUT2D eigenvalue weighted by atomic mass is 32.1. The lowest BCUT2D eigenvalue weighted by Crippen LogP contribution is -2.04. The zero-order valence-electron chi connectivity index (χ0n) is 8.65. The average Bonchev–Trinajstić information content (AvgIpc) is 2.65. The van der Waals surface area contributed by atoms with Crippen LogP contribution in [0, 0.1) is 0 Å². The zero-order chi connectivity index (χ0) is 10.4. The molecule has 4 nitrogen and oxygen atoms in total. The minimum atomic E-state index is -0.373. The second-order valence-corrected chi connectivity index (χ2v) is 3.55. The Bertz CT molecular complexity index is 260. The van der Waals surface area contributed by atoms with Crippen molar-refractivity contribution in [2.75, 3.05) is 20.8 Å². The molecule has 0 saturated carbocycles. The van der Waals surface area contributed by atoms with Crippen LogP contribution in [0.3, 0.4) is 0 Å². The van der Waals surface area contributed by atoms with E-state index in [0.29, 0.717) is 13.2 Å². The van der Waals surface area contributed by atoms with Gasteiger partial charge in [-0.3, -0.25) is 0 Å². The van der Waals surface area contributed by atoms with Crippen molar-refractivity contribution in [3.63, 3.8) is 0 Å². The highest BCUT2D eigenvalue weighted by molar-refractivity contribution is 7.09. The van der Waals surface area contributed by atoms with Crippen LogP contribution in [0.25, 0.3) is 0 Å². The SMILES string of the molecule is CCOCc1nc(C(OC)OC)cs1. The Morgan fingerprint density at radius 2 is 2.14 bits per heavy atom. The van der Waals surface area contributed by atoms with Crippen molar-refractivity contribution in [1.82, 2.24) is 4.98 Å². The Morgan fingerprint density at radius 1 is 1.43 bits per heavy atom. The number of ether oxygens (including phenoxy) is 3. The van der Waals surface area contributed by atoms with Crippen LogP contribution in [0.15, 0.2) is 5.38 Å². The first-order chi connectivity index (χ1) is 6.81. The molecule has 5 heteroatoms. The van der Waals surface area contributed by atoms with E-state index in [1.165, 1.54) is 0 Å². The Labute approximate surface area is 87.8 Å². The van der Waals surface area contributed by atoms with E-state index >= 15 is 0 Å². The summed E-state index contributed by atoms with van der Waals surface area (Å²) in [5.41, 5.74) is 0.801. The van der Waals surface area contributed by atoms with Gasteiger partial charge in [0.15, 0.2) is 0 Å². The van der Waals surface area contributed by atoms with Gasteiger partial charge in [0.2, 0.25) is 6.29 Å². The number of rotatable bonds is 6. The number of methoxy groups -OCH3 is 2. The maximum absolute atomic E-state index is 5.25. The second-order valence-electron chi connectivity index (χ2n) is 2.61. The van der Waals surface area contributed by atoms with E-state index < -0.39 is 0 Å². The van der Waals surface area contributed by atoms with Gasteiger partial charge in [0.25, 0.3) is 0 Å². The third-order valence-corrected chi connectivity index (χ3v) is 2.51. The summed E-state index contributed by atoms with van der Waals surface area (Å²) >= 11 is 1.55. The molecule has 0 atom stereocenters. The van der Waals surface area contributed by atoms with Crippen LogP contribution >= 0.6 is 11.3 Å². The maximum atomic E-state index is 5.25. The summed E-state index contributed by atoms with van der Waals surface area (Å²) in [5.74, 6) is 0. The van der Waals surface area contributed by atoms with Crippen molar-refractivity contribution in [2.45, 2.75) is 19.8 Å². The van der Waals surface area contributed by atoms with Crippen molar-refractivity contribution in [2.24, 2.45) is 0 Å². The van der Waals surface area contributed by atoms with Gasteiger partial charge in [-0.25, -0.2) is 4.98 Å². The standard InChI is InChI=1S/C9H15NO3S/c1-4-13-5-8-10-7(6-14-8)9(11-2)12-3/h6,9H,4-5H2,1-3H3. The smallest absolute Gasteiger partial charge is 0.201 e. The van der Waals surface area contributed by atoms with Crippen LogP contribution < -0.4 is 0 Å². The summed E-state index contributed by atoms with van der Waals surface area (Å²) in [6.45, 7) is 3.22. The van der Waals surface area contributed by atoms with Gasteiger partial charge in [-0.05, 0) is 6.92 Å². The van der Waals surface area contributed by atoms with Gasteiger partial charge in [0.1, 0.15) is 10.7 Å². The Hall–Kier alpha value is -0.490. The largest absolute Gasteiger partial charge is 0.375 e. The Kier molecular flexibility index (Phi) is 5.03. The molecule has 0 aromatic carbocycles. The number of aromatic nitrogens is 1. The molecule has 0 radical (unpaired) electrons. The number of hydrogen-bond donors (Lipinski definition) is 0. The molecule has 0 amide bonds. The average molecular weight is 217 g/mol. The van der Waals surface area contributed by atoms with E-state index in [2.05, 4.69) is 4.98 Å². The second kappa shape index (κ2) is 6.08. The summed E-state index contributed by atoms with van der Waals surface area (Å²) in [6.07, 6.45) is -0.373. The lowest BCUT2D eigenvalue weighted by Gasteiger charge is -2.09. The van der Waals surface area contributed by atoms with Crippen LogP contribution in [0.4, 0.5) is 0 Å². The number of thiazole rings is 1. The van der Waals surface area contributed by atoms with Gasteiger partial charge in [0.05, 0.1) is 6.61 Å². The molecule has 80 valence electrons. The molecule has 0 fully saturated rings. The van der Waals surface area contributed by atoms with Crippen molar-refractivity contribution in [3.05, 3.63) is 16.1 Å². The van der Waals surface area contributed by atoms with Crippen LogP contribution in [0.5, 0.6) is 0 Å². The molecular weight excluding hydrogens is 202 g/mol. The quantitative estimate of drug-likeness (QED) is 0.683. The van der Waals surface area contributed by atoms with Crippen molar-refractivity contribution in [3.8, 4) is 0 Å². The molecule has 0 unspecified atom stereocenters. The molecule has 1 rings (SSSR count). The van der Waals surface area contributed by atoms with E-state index in [-0.39, 0.29) is 6.29 Å². The number of hydrogen-bond acceptors (Lipinski definition) is 5. The first-order valence-corrected chi connectivity index (χ1v) is 5.27. The van der Waals surface area contributed by atoms with Crippen LogP contribution in [-0.2, 0) is 20.8 Å². The molecule has 1 heterocycles. The Balaban J connectivity index is 2.57. The predicted octanol–water partition coefficient (Wildman–Crippen LogP) is 1.97. The summed E-state index contributed by atoms with van der Waals surface area (Å²) in [7, 11) is 3.19. The highest BCUT2D eigenvalue weighted by Gasteiger charge is 2.12. The van der Waals surface area contributed by atoms with E-state index in [4.69, 9.17) is 14.2 Å². The van der Waals surface area contributed by atoms with Gasteiger partial charge in [-0.1, -0.05) is 0 Å². The topological polar surface area (TPSA) is 40.6 Å². The lowest BCUT2D eigenvalue weighted by atomic mass is 10.5. The van der Waals surface area contributed by atoms with E-state index in [9.17, 15) is 0 Å². The molecule has 0 saturated heterocycles. The summed E-state index contributed by atoms with van der Waals surface area (Å²) in [6, 6.07) is 0. The van der Waals surface area contributed by atoms with Crippen molar-refractivity contribution in [1.29, 1.82) is 0 Å². The van der Waals surface area contributed by atoms with E-state index in [0.717, 1.165) is 10.7 Å². The molecule has 0 aliphatic rings. The molecular formula is C9H15NO3S. The normalized spacial score (nSPS) is 11.1. The number of nitrogens with zero attached hydrogens (tertiary/aromatic N) is 1. The lowest BCUT2D eigenvalue weighted by molar-refractivity contribution is -0.108. The molecule has 0 N–H and O–H groups in total. The van der Waals surface area contributed by atoms with Gasteiger partial charge in [-0.15, -0.1) is 11.3 Å². The van der Waals surface area contributed by atoms with Gasteiger partial charge >= 0.3 is 0 Å². The minimum absolute atomic E-state index is 0.373. The van der Waals surface area contributed by atoms with Crippen LogP contribution in [0.1, 0.15) is 23.9 Å². The maximum Gasteiger partial charge on any atom is 0.201 e. The van der Waals surface area contributed by atoms with Gasteiger partial charge in [0, 0.05) is 26.2 Å². The summed E-state index contributed by atoms with van der Waals surface area (Å²) in [5, 5.41) is 2.87. The molecule has 0 aliphatic heterocycles. The first kappa shape index (κ1) is 11.6. The van der Waals surface area contributed by atoms with Crippen LogP contribution in [-0.4, -0.2) is 25.8 Å². The summed E-state index contributed by atoms with van der Waals surface area (Å²) < 4.78 is 15.4. The third kappa shape index (κ3) is 3.02. The van der Waals surface area contributed by atoms with Crippen molar-refractivity contribution < 1.29 is 14.2 Å². The molecule has 0 aliphatic carbocycles. The van der Waals surface area contributed by atoms with E-state index in [1.54, 1.807) is 25.6 Å². The van der Waals surface area contributed by atoms with Gasteiger partial charge in [-0.2, -0.15) is 0 Å². The fraction of sp³-hybridized carbons (Fsp3) is 0.667. The zero-order valence-corrected chi connectivity index (χ0v) is 9.47. The van der Waals surface area contributed by atoms with Crippen LogP contribution in [0.2, 0.25) is 0 Å². The van der Waals surface area contributed by atoms with Gasteiger partial charge < -0.3 is 14.2 Å². The third-order valence-electron chi connectivity index (χ3n) is 1.67. The monoisotopic (exact) mass is 217 g/mol. The molecule has 1 aromatic rings. The molecule has 0 spiro atoms. The fourth-order valence-corrected chi connectivity index (χ4v) is 1.76. The minimum Gasteiger partial charge on any atom is -0.375 e. The fourth-order valence-electron chi connectivity index (χ4n) is 1.03. The summed E-state index contributed by atoms with van der Waals surface area (Å²) in [4.78, 5) is 4.33. The van der Waals surface area contributed by atoms with Crippen molar-refractivity contribution >= 4 is 11.3 Å². The molecule has 1 aromatic heterocycles. The predicted molar refractivity (Wildman–Crippen MR) is 54.2 cm³/mol. The first-order valence-electron chi connectivity index (χ1n) is 4.39. The molecule has 14 heavy (non-hydrogen) atoms. The van der Waals surface area contributed by atoms with E-state index in [1.807, 2.05) is 12.3 Å². The highest BCUT2D eigenvalue weighted by Crippen LogP contribution is 2.20. The Morgan fingerprint density at radius 3 is 2.71 bits per heavy atom. The molecule has 0 bridgehead atoms.